The molecule has 0 saturated heterocycles. The number of carbonyl (C=O) groups is 1. The van der Waals surface area contributed by atoms with E-state index in [9.17, 15) is 9.18 Å². The van der Waals surface area contributed by atoms with E-state index in [1.54, 1.807) is 12.1 Å². The molecule has 0 aromatic heterocycles. The van der Waals surface area contributed by atoms with Crippen LogP contribution < -0.4 is 10.6 Å². The highest BCUT2D eigenvalue weighted by molar-refractivity contribution is 7.80. The first kappa shape index (κ1) is 15.4. The summed E-state index contributed by atoms with van der Waals surface area (Å²) in [5.74, 6) is -0.823. The molecule has 0 aliphatic rings. The maximum atomic E-state index is 13.0. The molecule has 2 N–H and O–H groups in total. The minimum Gasteiger partial charge on any atom is -0.332 e. The van der Waals surface area contributed by atoms with Gasteiger partial charge in [0.2, 0.25) is 0 Å². The van der Waals surface area contributed by atoms with Gasteiger partial charge < -0.3 is 5.32 Å². The molecule has 0 unspecified atom stereocenters. The fraction of sp³-hybridized carbons (Fsp3) is 0.0667. The number of amides is 1. The second-order valence-corrected chi connectivity index (χ2v) is 5.17. The SMILES string of the molecule is Cc1ccccc1C(=O)NC(=S)Nc1ccc(F)c(Cl)c1. The van der Waals surface area contributed by atoms with Gasteiger partial charge in [-0.15, -0.1) is 0 Å². The standard InChI is InChI=1S/C15H12ClFN2OS/c1-9-4-2-3-5-11(9)14(20)19-15(21)18-10-6-7-13(17)12(16)8-10/h2-8H,1H3,(H2,18,19,20,21). The van der Waals surface area contributed by atoms with Crippen LogP contribution in [-0.4, -0.2) is 11.0 Å². The van der Waals surface area contributed by atoms with E-state index < -0.39 is 5.82 Å². The number of aryl methyl sites for hydroxylation is 1. The van der Waals surface area contributed by atoms with Gasteiger partial charge in [-0.2, -0.15) is 0 Å². The Bertz CT molecular complexity index is 706. The number of carbonyl (C=O) groups excluding carboxylic acids is 1. The predicted octanol–water partition coefficient (Wildman–Crippen LogP) is 3.91. The molecule has 108 valence electrons. The first-order chi connectivity index (χ1) is 9.97. The van der Waals surface area contributed by atoms with Crippen LogP contribution in [0, 0.1) is 12.7 Å². The Morgan fingerprint density at radius 1 is 1.24 bits per heavy atom. The van der Waals surface area contributed by atoms with Gasteiger partial charge in [-0.1, -0.05) is 29.8 Å². The van der Waals surface area contributed by atoms with Crippen molar-refractivity contribution in [3.8, 4) is 0 Å². The molecule has 0 bridgehead atoms. The van der Waals surface area contributed by atoms with Gasteiger partial charge in [0.15, 0.2) is 5.11 Å². The monoisotopic (exact) mass is 322 g/mol. The van der Waals surface area contributed by atoms with Crippen LogP contribution in [0.2, 0.25) is 5.02 Å². The molecule has 2 rings (SSSR count). The zero-order valence-corrected chi connectivity index (χ0v) is 12.7. The lowest BCUT2D eigenvalue weighted by molar-refractivity contribution is 0.0977. The summed E-state index contributed by atoms with van der Waals surface area (Å²) in [5.41, 5.74) is 1.89. The molecule has 0 fully saturated rings. The van der Waals surface area contributed by atoms with Crippen LogP contribution in [0.4, 0.5) is 10.1 Å². The first-order valence-electron chi connectivity index (χ1n) is 6.10. The molecule has 0 aliphatic carbocycles. The molecule has 0 heterocycles. The van der Waals surface area contributed by atoms with Gasteiger partial charge in [-0.3, -0.25) is 10.1 Å². The van der Waals surface area contributed by atoms with E-state index in [2.05, 4.69) is 10.6 Å². The van der Waals surface area contributed by atoms with Gasteiger partial charge in [0.05, 0.1) is 5.02 Å². The lowest BCUT2D eigenvalue weighted by Crippen LogP contribution is -2.34. The van der Waals surface area contributed by atoms with Crippen molar-refractivity contribution in [2.75, 3.05) is 5.32 Å². The quantitative estimate of drug-likeness (QED) is 0.824. The van der Waals surface area contributed by atoms with E-state index in [1.165, 1.54) is 18.2 Å². The average molecular weight is 323 g/mol. The molecule has 21 heavy (non-hydrogen) atoms. The van der Waals surface area contributed by atoms with Crippen LogP contribution >= 0.6 is 23.8 Å². The second-order valence-electron chi connectivity index (χ2n) is 4.35. The Morgan fingerprint density at radius 2 is 1.95 bits per heavy atom. The fourth-order valence-corrected chi connectivity index (χ4v) is 2.13. The van der Waals surface area contributed by atoms with E-state index in [0.29, 0.717) is 11.3 Å². The van der Waals surface area contributed by atoms with Crippen molar-refractivity contribution in [3.05, 3.63) is 64.4 Å². The number of halogens is 2. The number of hydrogen-bond acceptors (Lipinski definition) is 2. The topological polar surface area (TPSA) is 41.1 Å². The zero-order chi connectivity index (χ0) is 15.4. The summed E-state index contributed by atoms with van der Waals surface area (Å²) in [4.78, 5) is 12.1. The van der Waals surface area contributed by atoms with Crippen molar-refractivity contribution >= 4 is 40.5 Å². The number of benzene rings is 2. The van der Waals surface area contributed by atoms with Crippen LogP contribution in [0.15, 0.2) is 42.5 Å². The Kier molecular flexibility index (Phi) is 4.88. The number of nitrogens with one attached hydrogen (secondary N) is 2. The number of anilines is 1. The Morgan fingerprint density at radius 3 is 2.62 bits per heavy atom. The van der Waals surface area contributed by atoms with E-state index >= 15 is 0 Å². The summed E-state index contributed by atoms with van der Waals surface area (Å²) >= 11 is 10.7. The van der Waals surface area contributed by atoms with Crippen molar-refractivity contribution in [1.82, 2.24) is 5.32 Å². The van der Waals surface area contributed by atoms with Crippen LogP contribution in [0.25, 0.3) is 0 Å². The van der Waals surface area contributed by atoms with Gasteiger partial charge >= 0.3 is 0 Å². The van der Waals surface area contributed by atoms with Crippen molar-refractivity contribution in [1.29, 1.82) is 0 Å². The summed E-state index contributed by atoms with van der Waals surface area (Å²) in [6.45, 7) is 1.84. The number of hydrogen-bond donors (Lipinski definition) is 2. The Hall–Kier alpha value is -1.98. The molecule has 6 heteroatoms. The van der Waals surface area contributed by atoms with Crippen LogP contribution in [-0.2, 0) is 0 Å². The maximum absolute atomic E-state index is 13.0. The van der Waals surface area contributed by atoms with E-state index in [0.717, 1.165) is 5.56 Å². The molecular weight excluding hydrogens is 311 g/mol. The Balaban J connectivity index is 2.03. The largest absolute Gasteiger partial charge is 0.332 e. The smallest absolute Gasteiger partial charge is 0.257 e. The van der Waals surface area contributed by atoms with Crippen molar-refractivity contribution < 1.29 is 9.18 Å². The zero-order valence-electron chi connectivity index (χ0n) is 11.1. The van der Waals surface area contributed by atoms with Gasteiger partial charge in [0, 0.05) is 11.3 Å². The minimum absolute atomic E-state index is 0.0203. The molecule has 2 aromatic rings. The summed E-state index contributed by atoms with van der Waals surface area (Å²) in [5, 5.41) is 5.44. The van der Waals surface area contributed by atoms with Crippen molar-refractivity contribution in [2.24, 2.45) is 0 Å². The number of rotatable bonds is 2. The molecule has 0 aliphatic heterocycles. The maximum Gasteiger partial charge on any atom is 0.257 e. The van der Waals surface area contributed by atoms with Crippen LogP contribution in [0.3, 0.4) is 0 Å². The molecule has 1 amide bonds. The summed E-state index contributed by atoms with van der Waals surface area (Å²) < 4.78 is 13.0. The highest BCUT2D eigenvalue weighted by atomic mass is 35.5. The lowest BCUT2D eigenvalue weighted by atomic mass is 10.1. The average Bonchev–Trinajstić information content (AvgIpc) is 2.43. The van der Waals surface area contributed by atoms with Crippen LogP contribution in [0.5, 0.6) is 0 Å². The fourth-order valence-electron chi connectivity index (χ4n) is 1.73. The molecule has 0 spiro atoms. The van der Waals surface area contributed by atoms with Crippen LogP contribution in [0.1, 0.15) is 15.9 Å². The summed E-state index contributed by atoms with van der Waals surface area (Å²) in [6.07, 6.45) is 0. The van der Waals surface area contributed by atoms with Crippen molar-refractivity contribution in [3.63, 3.8) is 0 Å². The minimum atomic E-state index is -0.517. The van der Waals surface area contributed by atoms with Crippen molar-refractivity contribution in [2.45, 2.75) is 6.92 Å². The second kappa shape index (κ2) is 6.65. The summed E-state index contributed by atoms with van der Waals surface area (Å²) in [6, 6.07) is 11.3. The van der Waals surface area contributed by atoms with Gasteiger partial charge in [0.1, 0.15) is 5.82 Å². The molecule has 0 saturated carbocycles. The highest BCUT2D eigenvalue weighted by Crippen LogP contribution is 2.19. The van der Waals surface area contributed by atoms with E-state index in [4.69, 9.17) is 23.8 Å². The molecular formula is C15H12ClFN2OS. The third kappa shape index (κ3) is 4.00. The van der Waals surface area contributed by atoms with Gasteiger partial charge in [-0.05, 0) is 49.0 Å². The molecule has 3 nitrogen and oxygen atoms in total. The highest BCUT2D eigenvalue weighted by Gasteiger charge is 2.10. The lowest BCUT2D eigenvalue weighted by Gasteiger charge is -2.11. The first-order valence-corrected chi connectivity index (χ1v) is 6.89. The normalized spacial score (nSPS) is 10.0. The number of thiocarbonyl (C=S) groups is 1. The summed E-state index contributed by atoms with van der Waals surface area (Å²) in [7, 11) is 0. The molecule has 2 aromatic carbocycles. The van der Waals surface area contributed by atoms with Gasteiger partial charge in [-0.25, -0.2) is 4.39 Å². The molecule has 0 atom stereocenters. The Labute approximate surface area is 132 Å². The van der Waals surface area contributed by atoms with E-state index in [-0.39, 0.29) is 16.0 Å². The third-order valence-corrected chi connectivity index (χ3v) is 3.29. The third-order valence-electron chi connectivity index (χ3n) is 2.79. The van der Waals surface area contributed by atoms with E-state index in [1.807, 2.05) is 19.1 Å². The molecule has 0 radical (unpaired) electrons. The predicted molar refractivity (Wildman–Crippen MR) is 86.3 cm³/mol. The van der Waals surface area contributed by atoms with Gasteiger partial charge in [0.25, 0.3) is 5.91 Å².